The molecule has 0 aliphatic rings. The summed E-state index contributed by atoms with van der Waals surface area (Å²) in [6, 6.07) is 0. The first kappa shape index (κ1) is 28.2. The van der Waals surface area contributed by atoms with Crippen molar-refractivity contribution in [1.29, 1.82) is 0 Å². The summed E-state index contributed by atoms with van der Waals surface area (Å²) in [6.07, 6.45) is 6.15. The fourth-order valence-electron chi connectivity index (χ4n) is 2.32. The van der Waals surface area contributed by atoms with Crippen molar-refractivity contribution in [2.24, 2.45) is 0 Å². The predicted molar refractivity (Wildman–Crippen MR) is 112 cm³/mol. The summed E-state index contributed by atoms with van der Waals surface area (Å²) in [5, 5.41) is 3.01. The van der Waals surface area contributed by atoms with Crippen molar-refractivity contribution >= 4 is 5.97 Å². The zero-order chi connectivity index (χ0) is 21.3. The van der Waals surface area contributed by atoms with Gasteiger partial charge in [0, 0.05) is 13.0 Å². The highest BCUT2D eigenvalue weighted by Gasteiger charge is 2.02. The molecule has 0 heterocycles. The van der Waals surface area contributed by atoms with Gasteiger partial charge >= 0.3 is 5.97 Å². The minimum absolute atomic E-state index is 0.135. The van der Waals surface area contributed by atoms with Crippen LogP contribution in [0.5, 0.6) is 0 Å². The van der Waals surface area contributed by atoms with E-state index in [4.69, 9.17) is 28.4 Å². The zero-order valence-corrected chi connectivity index (χ0v) is 18.6. The van der Waals surface area contributed by atoms with Gasteiger partial charge in [-0.25, -0.2) is 0 Å². The van der Waals surface area contributed by atoms with Crippen LogP contribution < -0.4 is 5.32 Å². The smallest absolute Gasteiger partial charge is 0.305 e. The molecule has 0 atom stereocenters. The maximum absolute atomic E-state index is 11.5. The van der Waals surface area contributed by atoms with Crippen molar-refractivity contribution in [3.05, 3.63) is 0 Å². The van der Waals surface area contributed by atoms with Crippen LogP contribution in [0.3, 0.4) is 0 Å². The van der Waals surface area contributed by atoms with Crippen LogP contribution in [0.2, 0.25) is 0 Å². The van der Waals surface area contributed by atoms with Gasteiger partial charge in [-0.3, -0.25) is 4.79 Å². The molecule has 0 spiro atoms. The van der Waals surface area contributed by atoms with E-state index >= 15 is 0 Å². The van der Waals surface area contributed by atoms with Crippen LogP contribution in [-0.2, 0) is 33.2 Å². The number of rotatable bonds is 24. The lowest BCUT2D eigenvalue weighted by atomic mass is 10.1. The summed E-state index contributed by atoms with van der Waals surface area (Å²) in [5.41, 5.74) is 0. The average molecular weight is 422 g/mol. The van der Waals surface area contributed by atoms with E-state index in [9.17, 15) is 4.79 Å². The van der Waals surface area contributed by atoms with Gasteiger partial charge in [-0.05, 0) is 13.5 Å². The van der Waals surface area contributed by atoms with Crippen LogP contribution in [0.4, 0.5) is 0 Å². The van der Waals surface area contributed by atoms with Crippen molar-refractivity contribution in [2.75, 3.05) is 86.3 Å². The summed E-state index contributed by atoms with van der Waals surface area (Å²) >= 11 is 0. The highest BCUT2D eigenvalue weighted by Crippen LogP contribution is 2.05. The second-order valence-electron chi connectivity index (χ2n) is 6.55. The summed E-state index contributed by atoms with van der Waals surface area (Å²) in [5.74, 6) is -0.135. The number of carbonyl (C=O) groups excluding carboxylic acids is 1. The van der Waals surface area contributed by atoms with Gasteiger partial charge in [-0.2, -0.15) is 0 Å². The highest BCUT2D eigenvalue weighted by atomic mass is 16.6. The van der Waals surface area contributed by atoms with Gasteiger partial charge in [0.15, 0.2) is 0 Å². The topological polar surface area (TPSA) is 84.5 Å². The maximum Gasteiger partial charge on any atom is 0.305 e. The monoisotopic (exact) mass is 421 g/mol. The molecule has 0 saturated carbocycles. The summed E-state index contributed by atoms with van der Waals surface area (Å²) in [7, 11) is 1.89. The number of nitrogens with one attached hydrogen (secondary N) is 1. The Kier molecular flexibility index (Phi) is 24.6. The molecule has 0 unspecified atom stereocenters. The number of carbonyl (C=O) groups is 1. The Bertz CT molecular complexity index is 332. The van der Waals surface area contributed by atoms with E-state index in [2.05, 4.69) is 12.2 Å². The zero-order valence-electron chi connectivity index (χ0n) is 18.6. The van der Waals surface area contributed by atoms with Crippen molar-refractivity contribution in [2.45, 2.75) is 45.4 Å². The molecule has 0 radical (unpaired) electrons. The number of ether oxygens (including phenoxy) is 6. The van der Waals surface area contributed by atoms with Gasteiger partial charge in [0.05, 0.1) is 66.1 Å². The third-order valence-electron chi connectivity index (χ3n) is 3.96. The lowest BCUT2D eigenvalue weighted by Crippen LogP contribution is -2.17. The molecule has 29 heavy (non-hydrogen) atoms. The maximum atomic E-state index is 11.5. The molecule has 0 aromatic heterocycles. The van der Waals surface area contributed by atoms with Gasteiger partial charge in [-0.1, -0.05) is 32.6 Å². The van der Waals surface area contributed by atoms with Crippen molar-refractivity contribution < 1.29 is 33.2 Å². The summed E-state index contributed by atoms with van der Waals surface area (Å²) in [6.45, 7) is 8.71. The molecule has 0 aliphatic heterocycles. The second-order valence-corrected chi connectivity index (χ2v) is 6.55. The molecule has 8 heteroatoms. The number of likely N-dealkylation sites (N-methyl/N-ethyl adjacent to an activating group) is 1. The van der Waals surface area contributed by atoms with E-state index in [0.29, 0.717) is 79.1 Å². The fourth-order valence-corrected chi connectivity index (χ4v) is 2.32. The molecule has 0 aromatic carbocycles. The largest absolute Gasteiger partial charge is 0.463 e. The van der Waals surface area contributed by atoms with E-state index in [1.807, 2.05) is 7.05 Å². The van der Waals surface area contributed by atoms with Crippen LogP contribution in [0.15, 0.2) is 0 Å². The fraction of sp³-hybridized carbons (Fsp3) is 0.952. The number of esters is 1. The Labute approximate surface area is 176 Å². The summed E-state index contributed by atoms with van der Waals surface area (Å²) < 4.78 is 32.0. The number of hydrogen-bond acceptors (Lipinski definition) is 8. The third kappa shape index (κ3) is 25.2. The van der Waals surface area contributed by atoms with Gasteiger partial charge in [0.1, 0.15) is 6.61 Å². The number of hydrogen-bond donors (Lipinski definition) is 1. The molecule has 0 bridgehead atoms. The van der Waals surface area contributed by atoms with Crippen LogP contribution in [0.25, 0.3) is 0 Å². The van der Waals surface area contributed by atoms with Gasteiger partial charge in [-0.15, -0.1) is 0 Å². The van der Waals surface area contributed by atoms with Crippen LogP contribution in [0, 0.1) is 0 Å². The van der Waals surface area contributed by atoms with E-state index < -0.39 is 0 Å². The Morgan fingerprint density at radius 3 is 1.55 bits per heavy atom. The van der Waals surface area contributed by atoms with Crippen molar-refractivity contribution in [3.8, 4) is 0 Å². The number of unbranched alkanes of at least 4 members (excludes halogenated alkanes) is 4. The predicted octanol–water partition coefficient (Wildman–Crippen LogP) is 2.19. The quantitative estimate of drug-likeness (QED) is 0.188. The Morgan fingerprint density at radius 1 is 0.621 bits per heavy atom. The van der Waals surface area contributed by atoms with Crippen molar-refractivity contribution in [1.82, 2.24) is 5.32 Å². The minimum atomic E-state index is -0.135. The molecular weight excluding hydrogens is 378 g/mol. The van der Waals surface area contributed by atoms with Crippen molar-refractivity contribution in [3.63, 3.8) is 0 Å². The standard InChI is InChI=1S/C21H43NO7/c1-3-4-5-6-7-8-21(23)29-20-19-28-18-17-27-16-15-26-14-13-25-12-11-24-10-9-22-2/h22H,3-20H2,1-2H3. The molecule has 0 amide bonds. The molecule has 0 fully saturated rings. The first-order chi connectivity index (χ1) is 14.3. The molecule has 174 valence electrons. The Balaban J connectivity index is 3.08. The van der Waals surface area contributed by atoms with Crippen LogP contribution in [0.1, 0.15) is 45.4 Å². The molecule has 8 nitrogen and oxygen atoms in total. The van der Waals surface area contributed by atoms with E-state index in [1.54, 1.807) is 0 Å². The molecule has 0 aliphatic carbocycles. The average Bonchev–Trinajstić information content (AvgIpc) is 2.72. The van der Waals surface area contributed by atoms with E-state index in [1.165, 1.54) is 19.3 Å². The molecular formula is C21H43NO7. The second kappa shape index (κ2) is 25.3. The molecule has 0 rings (SSSR count). The van der Waals surface area contributed by atoms with Gasteiger partial charge in [0.25, 0.3) is 0 Å². The normalized spacial score (nSPS) is 11.1. The van der Waals surface area contributed by atoms with Crippen LogP contribution >= 0.6 is 0 Å². The van der Waals surface area contributed by atoms with Gasteiger partial charge < -0.3 is 33.7 Å². The third-order valence-corrected chi connectivity index (χ3v) is 3.96. The molecule has 1 N–H and O–H groups in total. The first-order valence-electron chi connectivity index (χ1n) is 11.0. The molecule has 0 aromatic rings. The first-order valence-corrected chi connectivity index (χ1v) is 11.0. The Morgan fingerprint density at radius 2 is 1.07 bits per heavy atom. The van der Waals surface area contributed by atoms with Crippen LogP contribution in [-0.4, -0.2) is 92.2 Å². The minimum Gasteiger partial charge on any atom is -0.463 e. The lowest BCUT2D eigenvalue weighted by Gasteiger charge is -2.08. The van der Waals surface area contributed by atoms with Gasteiger partial charge in [0.2, 0.25) is 0 Å². The highest BCUT2D eigenvalue weighted by molar-refractivity contribution is 5.69. The van der Waals surface area contributed by atoms with E-state index in [-0.39, 0.29) is 5.97 Å². The Hall–Kier alpha value is -0.770. The van der Waals surface area contributed by atoms with E-state index in [0.717, 1.165) is 19.4 Å². The summed E-state index contributed by atoms with van der Waals surface area (Å²) in [4.78, 5) is 11.5. The SMILES string of the molecule is CCCCCCCC(=O)OCCOCCOCCOCCOCCOCCNC. The molecule has 0 saturated heterocycles. The lowest BCUT2D eigenvalue weighted by molar-refractivity contribution is -0.145.